The Hall–Kier alpha value is -3.34. The second-order valence-electron chi connectivity index (χ2n) is 6.09. The third kappa shape index (κ3) is 4.85. The van der Waals surface area contributed by atoms with Crippen molar-refractivity contribution in [3.63, 3.8) is 0 Å². The number of aromatic nitrogens is 1. The van der Waals surface area contributed by atoms with Crippen LogP contribution in [0.3, 0.4) is 0 Å². The fourth-order valence-electron chi connectivity index (χ4n) is 2.77. The van der Waals surface area contributed by atoms with E-state index in [1.807, 2.05) is 66.4 Å². The smallest absolute Gasteiger partial charge is 0.254 e. The Kier molecular flexibility index (Phi) is 6.05. The molecule has 1 amide bonds. The molecule has 5 nitrogen and oxygen atoms in total. The molecule has 0 saturated carbocycles. The van der Waals surface area contributed by atoms with E-state index in [4.69, 9.17) is 4.74 Å². The fourth-order valence-corrected chi connectivity index (χ4v) is 2.77. The summed E-state index contributed by atoms with van der Waals surface area (Å²) in [5, 5.41) is 3.22. The zero-order valence-electron chi connectivity index (χ0n) is 15.6. The molecule has 2 aromatic carbocycles. The van der Waals surface area contributed by atoms with E-state index in [2.05, 4.69) is 10.3 Å². The second kappa shape index (κ2) is 8.85. The van der Waals surface area contributed by atoms with Gasteiger partial charge in [0.2, 0.25) is 0 Å². The van der Waals surface area contributed by atoms with Crippen molar-refractivity contribution in [3.05, 3.63) is 84.1 Å². The van der Waals surface area contributed by atoms with E-state index in [1.165, 1.54) is 0 Å². The lowest BCUT2D eigenvalue weighted by atomic mass is 10.1. The predicted octanol–water partition coefficient (Wildman–Crippen LogP) is 4.50. The topological polar surface area (TPSA) is 54.5 Å². The first-order chi connectivity index (χ1) is 13.2. The molecule has 0 spiro atoms. The van der Waals surface area contributed by atoms with Crippen LogP contribution in [0.2, 0.25) is 0 Å². The Labute approximate surface area is 159 Å². The van der Waals surface area contributed by atoms with E-state index in [0.717, 1.165) is 17.0 Å². The number of ether oxygens (including phenoxy) is 1. The Morgan fingerprint density at radius 2 is 1.81 bits per heavy atom. The number of hydrogen-bond acceptors (Lipinski definition) is 4. The van der Waals surface area contributed by atoms with Gasteiger partial charge in [-0.25, -0.2) is 4.98 Å². The van der Waals surface area contributed by atoms with Crippen LogP contribution >= 0.6 is 0 Å². The summed E-state index contributed by atoms with van der Waals surface area (Å²) in [6.45, 7) is 3.20. The molecule has 0 aliphatic rings. The molecule has 0 saturated heterocycles. The molecule has 0 radical (unpaired) electrons. The molecule has 1 N–H and O–H groups in total. The van der Waals surface area contributed by atoms with Gasteiger partial charge >= 0.3 is 0 Å². The maximum absolute atomic E-state index is 12.9. The molecule has 0 aliphatic carbocycles. The number of hydrogen-bond donors (Lipinski definition) is 1. The maximum atomic E-state index is 12.9. The zero-order chi connectivity index (χ0) is 19.1. The zero-order valence-corrected chi connectivity index (χ0v) is 15.6. The number of pyridine rings is 1. The van der Waals surface area contributed by atoms with Gasteiger partial charge in [0, 0.05) is 30.5 Å². The van der Waals surface area contributed by atoms with E-state index in [1.54, 1.807) is 25.4 Å². The highest BCUT2D eigenvalue weighted by atomic mass is 16.5. The van der Waals surface area contributed by atoms with Crippen LogP contribution in [0.25, 0.3) is 0 Å². The van der Waals surface area contributed by atoms with Crippen molar-refractivity contribution in [2.24, 2.45) is 0 Å². The molecule has 3 rings (SSSR count). The highest BCUT2D eigenvalue weighted by molar-refractivity contribution is 5.95. The van der Waals surface area contributed by atoms with Gasteiger partial charge in [0.15, 0.2) is 0 Å². The number of methoxy groups -OCH3 is 1. The van der Waals surface area contributed by atoms with E-state index in [0.29, 0.717) is 24.5 Å². The van der Waals surface area contributed by atoms with Crippen LogP contribution < -0.4 is 10.1 Å². The summed E-state index contributed by atoms with van der Waals surface area (Å²) in [6, 6.07) is 21.1. The average Bonchev–Trinajstić information content (AvgIpc) is 2.73. The van der Waals surface area contributed by atoms with Crippen LogP contribution in [0, 0.1) is 0 Å². The molecule has 1 heterocycles. The number of rotatable bonds is 7. The average molecular weight is 361 g/mol. The lowest BCUT2D eigenvalue weighted by Gasteiger charge is -2.21. The summed E-state index contributed by atoms with van der Waals surface area (Å²) in [4.78, 5) is 19.1. The van der Waals surface area contributed by atoms with Crippen molar-refractivity contribution in [1.29, 1.82) is 0 Å². The van der Waals surface area contributed by atoms with Crippen molar-refractivity contribution in [2.75, 3.05) is 19.0 Å². The van der Waals surface area contributed by atoms with Crippen LogP contribution in [0.1, 0.15) is 22.8 Å². The lowest BCUT2D eigenvalue weighted by Crippen LogP contribution is -2.30. The number of nitrogens with zero attached hydrogens (tertiary/aromatic N) is 2. The van der Waals surface area contributed by atoms with Gasteiger partial charge in [-0.05, 0) is 48.9 Å². The summed E-state index contributed by atoms with van der Waals surface area (Å²) >= 11 is 0. The standard InChI is InChI=1S/C22H23N3O2/c1-3-25(16-17-7-5-4-6-8-17)22(26)18-13-14-23-21(15-18)24-19-9-11-20(27-2)12-10-19/h4-15H,3,16H2,1-2H3,(H,23,24). The first kappa shape index (κ1) is 18.5. The summed E-state index contributed by atoms with van der Waals surface area (Å²) in [6.07, 6.45) is 1.65. The second-order valence-corrected chi connectivity index (χ2v) is 6.09. The van der Waals surface area contributed by atoms with Gasteiger partial charge in [-0.2, -0.15) is 0 Å². The minimum absolute atomic E-state index is 0.0125. The van der Waals surface area contributed by atoms with Gasteiger partial charge in [0.1, 0.15) is 11.6 Å². The quantitative estimate of drug-likeness (QED) is 0.673. The van der Waals surface area contributed by atoms with E-state index >= 15 is 0 Å². The van der Waals surface area contributed by atoms with Crippen molar-refractivity contribution < 1.29 is 9.53 Å². The SMILES string of the molecule is CCN(Cc1ccccc1)C(=O)c1ccnc(Nc2ccc(OC)cc2)c1. The molecule has 1 aromatic heterocycles. The lowest BCUT2D eigenvalue weighted by molar-refractivity contribution is 0.0752. The van der Waals surface area contributed by atoms with Crippen molar-refractivity contribution in [1.82, 2.24) is 9.88 Å². The Morgan fingerprint density at radius 1 is 1.07 bits per heavy atom. The third-order valence-corrected chi connectivity index (χ3v) is 4.25. The number of carbonyl (C=O) groups excluding carboxylic acids is 1. The van der Waals surface area contributed by atoms with Crippen molar-refractivity contribution in [2.45, 2.75) is 13.5 Å². The van der Waals surface area contributed by atoms with Gasteiger partial charge in [0.05, 0.1) is 7.11 Å². The summed E-state index contributed by atoms with van der Waals surface area (Å²) in [5.74, 6) is 1.40. The fraction of sp³-hybridized carbons (Fsp3) is 0.182. The van der Waals surface area contributed by atoms with Gasteiger partial charge < -0.3 is 15.0 Å². The van der Waals surface area contributed by atoms with Crippen LogP contribution in [-0.2, 0) is 6.54 Å². The number of carbonyl (C=O) groups is 1. The molecule has 3 aromatic rings. The normalized spacial score (nSPS) is 10.3. The predicted molar refractivity (Wildman–Crippen MR) is 107 cm³/mol. The highest BCUT2D eigenvalue weighted by Gasteiger charge is 2.15. The highest BCUT2D eigenvalue weighted by Crippen LogP contribution is 2.20. The van der Waals surface area contributed by atoms with Crippen LogP contribution in [0.15, 0.2) is 72.9 Å². The van der Waals surface area contributed by atoms with Gasteiger partial charge in [-0.1, -0.05) is 30.3 Å². The molecular weight excluding hydrogens is 338 g/mol. The molecule has 27 heavy (non-hydrogen) atoms. The number of amides is 1. The van der Waals surface area contributed by atoms with E-state index < -0.39 is 0 Å². The molecule has 138 valence electrons. The first-order valence-corrected chi connectivity index (χ1v) is 8.90. The molecule has 0 aliphatic heterocycles. The number of nitrogens with one attached hydrogen (secondary N) is 1. The van der Waals surface area contributed by atoms with E-state index in [9.17, 15) is 4.79 Å². The van der Waals surface area contributed by atoms with Gasteiger partial charge in [-0.3, -0.25) is 4.79 Å². The van der Waals surface area contributed by atoms with Crippen LogP contribution in [-0.4, -0.2) is 29.4 Å². The van der Waals surface area contributed by atoms with Crippen LogP contribution in [0.4, 0.5) is 11.5 Å². The Bertz CT molecular complexity index is 880. The minimum Gasteiger partial charge on any atom is -0.497 e. The molecular formula is C22H23N3O2. The monoisotopic (exact) mass is 361 g/mol. The summed E-state index contributed by atoms with van der Waals surface area (Å²) in [5.41, 5.74) is 2.60. The summed E-state index contributed by atoms with van der Waals surface area (Å²) < 4.78 is 5.16. The number of anilines is 2. The molecule has 0 fully saturated rings. The molecule has 0 unspecified atom stereocenters. The van der Waals surface area contributed by atoms with Crippen molar-refractivity contribution in [3.8, 4) is 5.75 Å². The van der Waals surface area contributed by atoms with Gasteiger partial charge in [-0.15, -0.1) is 0 Å². The summed E-state index contributed by atoms with van der Waals surface area (Å²) in [7, 11) is 1.63. The Balaban J connectivity index is 1.73. The van der Waals surface area contributed by atoms with Crippen molar-refractivity contribution >= 4 is 17.4 Å². The third-order valence-electron chi connectivity index (χ3n) is 4.25. The van der Waals surface area contributed by atoms with E-state index in [-0.39, 0.29) is 5.91 Å². The van der Waals surface area contributed by atoms with Gasteiger partial charge in [0.25, 0.3) is 5.91 Å². The molecule has 5 heteroatoms. The largest absolute Gasteiger partial charge is 0.497 e. The number of benzene rings is 2. The maximum Gasteiger partial charge on any atom is 0.254 e. The first-order valence-electron chi connectivity index (χ1n) is 8.90. The molecule has 0 bridgehead atoms. The molecule has 0 atom stereocenters. The Morgan fingerprint density at radius 3 is 2.48 bits per heavy atom. The van der Waals surface area contributed by atoms with Crippen LogP contribution in [0.5, 0.6) is 5.75 Å². The minimum atomic E-state index is -0.0125.